The van der Waals surface area contributed by atoms with Gasteiger partial charge in [-0.25, -0.2) is 34.9 Å². The molecule has 0 spiro atoms. The van der Waals surface area contributed by atoms with Gasteiger partial charge in [-0.3, -0.25) is 0 Å². The molecule has 550 valence electrons. The number of nitrogens with zero attached hydrogens (tertiary/aromatic N) is 10. The van der Waals surface area contributed by atoms with Crippen LogP contribution in [-0.2, 0) is 0 Å². The van der Waals surface area contributed by atoms with Crippen molar-refractivity contribution in [1.29, 1.82) is 0 Å². The zero-order chi connectivity index (χ0) is 77.8. The second kappa shape index (κ2) is 31.3. The molecule has 117 heavy (non-hydrogen) atoms. The maximum Gasteiger partial charge on any atom is 0.164 e. The number of hydrogen-bond donors (Lipinski definition) is 0. The number of aromatic nitrogens is 10. The summed E-state index contributed by atoms with van der Waals surface area (Å²) in [4.78, 5) is 34.5. The first-order chi connectivity index (χ1) is 58.0. The molecule has 0 radical (unpaired) electrons. The number of fused-ring (bicyclic) bond motifs is 9. The molecule has 0 saturated carbocycles. The third-order valence-electron chi connectivity index (χ3n) is 21.5. The first-order valence-corrected chi connectivity index (χ1v) is 39.3. The van der Waals surface area contributed by atoms with Crippen LogP contribution >= 0.6 is 0 Å². The van der Waals surface area contributed by atoms with E-state index in [0.29, 0.717) is 17.5 Å². The van der Waals surface area contributed by atoms with Crippen LogP contribution in [0.2, 0.25) is 0 Å². The summed E-state index contributed by atoms with van der Waals surface area (Å²) in [7, 11) is 0. The molecule has 0 aliphatic carbocycles. The molecule has 0 unspecified atom stereocenters. The zero-order valence-electron chi connectivity index (χ0n) is 63.5. The van der Waals surface area contributed by atoms with Crippen molar-refractivity contribution in [3.63, 3.8) is 0 Å². The third kappa shape index (κ3) is 14.0. The summed E-state index contributed by atoms with van der Waals surface area (Å²) in [6, 6.07) is 151. The van der Waals surface area contributed by atoms with Gasteiger partial charge in [-0.15, -0.1) is 0 Å². The van der Waals surface area contributed by atoms with Crippen molar-refractivity contribution in [3.8, 4) is 130 Å². The second-order valence-electron chi connectivity index (χ2n) is 28.8. The molecule has 6 aromatic heterocycles. The number of benzene rings is 16. The standard InChI is InChI=1S/C39H26N4.2C34H23N3/c1-3-12-28(13-4-1)37-40-38(29-14-5-2-6-15-29)42-39(41-37)31-17-11-16-30(26-31)27-22-24-32(25-23-27)43-35-20-9-7-18-33(35)34-19-8-10-21-36(34)43;1-3-12-24(13-4-1)30-23-31(36-34(35-30)25-14-5-2-6-15-25)26-16-11-17-27(22-26)37-32-20-9-7-18-28(32)29-19-8-10-21-33(29)37;1-3-11-24(12-4-1)30-23-31(36-34(35-30)26-13-5-2-6-14-26)25-19-21-27(22-20-25)37-32-17-9-7-15-28(32)29-16-8-10-18-33(29)37/h1-26H;2*1-23H. The van der Waals surface area contributed by atoms with Crippen LogP contribution in [0.15, 0.2) is 437 Å². The molecule has 16 aromatic carbocycles. The predicted octanol–water partition coefficient (Wildman–Crippen LogP) is 26.8. The van der Waals surface area contributed by atoms with E-state index in [2.05, 4.69) is 317 Å². The minimum Gasteiger partial charge on any atom is -0.309 e. The predicted molar refractivity (Wildman–Crippen MR) is 481 cm³/mol. The average Bonchev–Trinajstić information content (AvgIpc) is 1.61. The van der Waals surface area contributed by atoms with E-state index in [0.717, 1.165) is 113 Å². The van der Waals surface area contributed by atoms with Crippen LogP contribution in [0.1, 0.15) is 0 Å². The summed E-state index contributed by atoms with van der Waals surface area (Å²) in [5.74, 6) is 3.41. The van der Waals surface area contributed by atoms with E-state index in [1.165, 1.54) is 65.4 Å². The minimum absolute atomic E-state index is 0.649. The van der Waals surface area contributed by atoms with Gasteiger partial charge in [-0.1, -0.05) is 346 Å². The Morgan fingerprint density at radius 1 is 0.128 bits per heavy atom. The lowest BCUT2D eigenvalue weighted by molar-refractivity contribution is 1.07. The van der Waals surface area contributed by atoms with Crippen LogP contribution in [0.5, 0.6) is 0 Å². The maximum absolute atomic E-state index is 5.03. The Labute approximate surface area is 676 Å². The van der Waals surface area contributed by atoms with Crippen molar-refractivity contribution < 1.29 is 0 Å². The van der Waals surface area contributed by atoms with Gasteiger partial charge < -0.3 is 13.7 Å². The van der Waals surface area contributed by atoms with Crippen molar-refractivity contribution in [2.75, 3.05) is 0 Å². The van der Waals surface area contributed by atoms with E-state index >= 15 is 0 Å². The molecule has 10 nitrogen and oxygen atoms in total. The van der Waals surface area contributed by atoms with E-state index in [1.54, 1.807) is 0 Å². The lowest BCUT2D eigenvalue weighted by Gasteiger charge is -2.12. The van der Waals surface area contributed by atoms with Crippen molar-refractivity contribution >= 4 is 65.4 Å². The first-order valence-electron chi connectivity index (χ1n) is 39.3. The zero-order valence-corrected chi connectivity index (χ0v) is 63.5. The van der Waals surface area contributed by atoms with Crippen molar-refractivity contribution in [1.82, 2.24) is 48.6 Å². The van der Waals surface area contributed by atoms with Crippen molar-refractivity contribution in [3.05, 3.63) is 437 Å². The van der Waals surface area contributed by atoms with Gasteiger partial charge in [0.25, 0.3) is 0 Å². The summed E-state index contributed by atoms with van der Waals surface area (Å²) in [5, 5.41) is 7.55. The highest BCUT2D eigenvalue weighted by molar-refractivity contribution is 6.11. The van der Waals surface area contributed by atoms with Gasteiger partial charge in [0.1, 0.15) is 0 Å². The molecule has 0 amide bonds. The molecule has 0 aliphatic rings. The minimum atomic E-state index is 0.649. The highest BCUT2D eigenvalue weighted by Gasteiger charge is 2.20. The van der Waals surface area contributed by atoms with Crippen LogP contribution in [0.3, 0.4) is 0 Å². The van der Waals surface area contributed by atoms with Crippen LogP contribution in [0.25, 0.3) is 196 Å². The van der Waals surface area contributed by atoms with E-state index in [1.807, 2.05) is 133 Å². The van der Waals surface area contributed by atoms with Gasteiger partial charge in [-0.05, 0) is 102 Å². The summed E-state index contributed by atoms with van der Waals surface area (Å²) >= 11 is 0. The van der Waals surface area contributed by atoms with Crippen LogP contribution in [-0.4, -0.2) is 48.6 Å². The molecule has 0 bridgehead atoms. The fourth-order valence-corrected chi connectivity index (χ4v) is 15.9. The normalized spacial score (nSPS) is 11.2. The largest absolute Gasteiger partial charge is 0.309 e. The van der Waals surface area contributed by atoms with Crippen molar-refractivity contribution in [2.45, 2.75) is 0 Å². The van der Waals surface area contributed by atoms with Gasteiger partial charge in [-0.2, -0.15) is 0 Å². The van der Waals surface area contributed by atoms with Crippen molar-refractivity contribution in [2.24, 2.45) is 0 Å². The Morgan fingerprint density at radius 3 is 0.701 bits per heavy atom. The molecule has 0 fully saturated rings. The Hall–Kier alpha value is -15.9. The van der Waals surface area contributed by atoms with Crippen LogP contribution in [0.4, 0.5) is 0 Å². The molecule has 0 atom stereocenters. The molecule has 22 aromatic rings. The number of rotatable bonds is 13. The van der Waals surface area contributed by atoms with Crippen LogP contribution in [0, 0.1) is 0 Å². The highest BCUT2D eigenvalue weighted by Crippen LogP contribution is 2.39. The molecule has 10 heteroatoms. The Morgan fingerprint density at radius 2 is 0.359 bits per heavy atom. The summed E-state index contributed by atoms with van der Waals surface area (Å²) in [6.45, 7) is 0. The Kier molecular flexibility index (Phi) is 18.8. The van der Waals surface area contributed by atoms with Gasteiger partial charge in [0.15, 0.2) is 29.1 Å². The SMILES string of the molecule is c1ccc(-c2cc(-c3ccc(-n4c5ccccc5c5ccccc54)cc3)nc(-c3ccccc3)n2)cc1.c1ccc(-c2cc(-c3cccc(-n4c5ccccc5c5ccccc54)c3)nc(-c3ccccc3)n2)cc1.c1ccc(-c2nc(-c3ccccc3)nc(-c3cccc(-c4ccc(-n5c6ccccc6c6ccccc65)cc4)c3)n2)cc1. The average molecular weight is 1500 g/mol. The molecular formula is C107H72N10. The van der Waals surface area contributed by atoms with Gasteiger partial charge in [0.2, 0.25) is 0 Å². The highest BCUT2D eigenvalue weighted by atomic mass is 15.0. The lowest BCUT2D eigenvalue weighted by atomic mass is 10.0. The molecule has 0 saturated heterocycles. The van der Waals surface area contributed by atoms with Crippen LogP contribution < -0.4 is 0 Å². The molecular weight excluding hydrogens is 1430 g/mol. The first kappa shape index (κ1) is 70.2. The van der Waals surface area contributed by atoms with E-state index < -0.39 is 0 Å². The fourth-order valence-electron chi connectivity index (χ4n) is 15.9. The summed E-state index contributed by atoms with van der Waals surface area (Å²) in [5.41, 5.74) is 25.6. The van der Waals surface area contributed by atoms with Gasteiger partial charge >= 0.3 is 0 Å². The Bertz CT molecular complexity index is 7000. The maximum atomic E-state index is 5.03. The number of hydrogen-bond acceptors (Lipinski definition) is 7. The van der Waals surface area contributed by atoms with E-state index in [9.17, 15) is 0 Å². The number of para-hydroxylation sites is 6. The van der Waals surface area contributed by atoms with E-state index in [-0.39, 0.29) is 0 Å². The smallest absolute Gasteiger partial charge is 0.164 e. The van der Waals surface area contributed by atoms with Gasteiger partial charge in [0.05, 0.1) is 55.9 Å². The summed E-state index contributed by atoms with van der Waals surface area (Å²) in [6.07, 6.45) is 0. The lowest BCUT2D eigenvalue weighted by Crippen LogP contribution is -2.00. The molecule has 0 N–H and O–H groups in total. The summed E-state index contributed by atoms with van der Waals surface area (Å²) < 4.78 is 7.01. The van der Waals surface area contributed by atoms with Gasteiger partial charge in [0, 0.05) is 99.5 Å². The third-order valence-corrected chi connectivity index (χ3v) is 21.5. The monoisotopic (exact) mass is 1500 g/mol. The molecule has 6 heterocycles. The Balaban J connectivity index is 0.000000113. The quantitative estimate of drug-likeness (QED) is 0.113. The van der Waals surface area contributed by atoms with E-state index in [4.69, 9.17) is 34.9 Å². The molecule has 22 rings (SSSR count). The topological polar surface area (TPSA) is 105 Å². The second-order valence-corrected chi connectivity index (χ2v) is 28.8. The molecule has 0 aliphatic heterocycles. The fraction of sp³-hybridized carbons (Fsp3) is 0.